The van der Waals surface area contributed by atoms with Crippen molar-refractivity contribution in [2.45, 2.75) is 31.4 Å². The fourth-order valence-electron chi connectivity index (χ4n) is 2.47. The first-order valence-corrected chi connectivity index (χ1v) is 9.19. The number of nitrogens with zero attached hydrogens (tertiary/aromatic N) is 3. The van der Waals surface area contributed by atoms with Gasteiger partial charge in [-0.05, 0) is 56.2 Å². The highest BCUT2D eigenvalue weighted by atomic mass is 35.5. The van der Waals surface area contributed by atoms with E-state index in [1.165, 1.54) is 6.07 Å². The largest absolute Gasteiger partial charge is 0.420 e. The highest BCUT2D eigenvalue weighted by molar-refractivity contribution is 7.98. The Hall–Kier alpha value is -2.38. The van der Waals surface area contributed by atoms with Gasteiger partial charge in [0.05, 0.1) is 10.7 Å². The third-order valence-corrected chi connectivity index (χ3v) is 5.46. The SMILES string of the molecule is Cc1cc(SCc2nnc(-c3ccc([N+](=O)[O-])c(C)c3)o2)c(C)cc1Cl. The predicted molar refractivity (Wildman–Crippen MR) is 102 cm³/mol. The number of nitro benzene ring substituents is 1. The van der Waals surface area contributed by atoms with Gasteiger partial charge in [-0.25, -0.2) is 0 Å². The number of hydrogen-bond acceptors (Lipinski definition) is 6. The summed E-state index contributed by atoms with van der Waals surface area (Å²) in [6, 6.07) is 8.72. The number of rotatable bonds is 5. The van der Waals surface area contributed by atoms with E-state index in [4.69, 9.17) is 16.0 Å². The summed E-state index contributed by atoms with van der Waals surface area (Å²) in [6.45, 7) is 5.65. The monoisotopic (exact) mass is 389 g/mol. The highest BCUT2D eigenvalue weighted by Crippen LogP contribution is 2.31. The van der Waals surface area contributed by atoms with Gasteiger partial charge in [-0.2, -0.15) is 0 Å². The zero-order valence-electron chi connectivity index (χ0n) is 14.4. The molecular weight excluding hydrogens is 374 g/mol. The van der Waals surface area contributed by atoms with Crippen LogP contribution in [0.1, 0.15) is 22.6 Å². The molecule has 0 radical (unpaired) electrons. The minimum absolute atomic E-state index is 0.0672. The third-order valence-electron chi connectivity index (χ3n) is 3.91. The number of hydrogen-bond donors (Lipinski definition) is 0. The summed E-state index contributed by atoms with van der Waals surface area (Å²) in [5.74, 6) is 1.37. The summed E-state index contributed by atoms with van der Waals surface area (Å²) in [6.07, 6.45) is 0. The topological polar surface area (TPSA) is 82.1 Å². The van der Waals surface area contributed by atoms with Gasteiger partial charge in [-0.15, -0.1) is 22.0 Å². The Kier molecular flexibility index (Phi) is 5.29. The first-order valence-electron chi connectivity index (χ1n) is 7.82. The maximum Gasteiger partial charge on any atom is 0.272 e. The standard InChI is InChI=1S/C18H16ClN3O3S/c1-10-8-16(12(3)7-14(10)19)26-9-17-20-21-18(25-17)13-4-5-15(22(23)24)11(2)6-13/h4-8H,9H2,1-3H3. The Morgan fingerprint density at radius 3 is 2.58 bits per heavy atom. The minimum Gasteiger partial charge on any atom is -0.420 e. The molecule has 0 unspecified atom stereocenters. The fraction of sp³-hybridized carbons (Fsp3) is 0.222. The molecule has 0 aliphatic heterocycles. The van der Waals surface area contributed by atoms with E-state index in [1.54, 1.807) is 30.8 Å². The number of aryl methyl sites for hydroxylation is 3. The van der Waals surface area contributed by atoms with Crippen molar-refractivity contribution in [1.82, 2.24) is 10.2 Å². The van der Waals surface area contributed by atoms with Crippen molar-refractivity contribution in [2.24, 2.45) is 0 Å². The normalized spacial score (nSPS) is 10.9. The zero-order valence-corrected chi connectivity index (χ0v) is 16.0. The Balaban J connectivity index is 1.75. The molecule has 0 aliphatic carbocycles. The lowest BCUT2D eigenvalue weighted by molar-refractivity contribution is -0.385. The molecule has 26 heavy (non-hydrogen) atoms. The molecule has 0 N–H and O–H groups in total. The molecule has 0 fully saturated rings. The molecule has 0 spiro atoms. The van der Waals surface area contributed by atoms with Crippen molar-refractivity contribution in [3.05, 3.63) is 68.0 Å². The van der Waals surface area contributed by atoms with E-state index in [0.717, 1.165) is 21.0 Å². The van der Waals surface area contributed by atoms with E-state index in [9.17, 15) is 10.1 Å². The lowest BCUT2D eigenvalue weighted by Gasteiger charge is -2.07. The molecule has 0 aliphatic rings. The smallest absolute Gasteiger partial charge is 0.272 e. The number of nitro groups is 1. The van der Waals surface area contributed by atoms with E-state index in [2.05, 4.69) is 10.2 Å². The summed E-state index contributed by atoms with van der Waals surface area (Å²) in [7, 11) is 0. The van der Waals surface area contributed by atoms with Crippen LogP contribution in [-0.2, 0) is 5.75 Å². The Bertz CT molecular complexity index is 988. The second-order valence-electron chi connectivity index (χ2n) is 5.91. The van der Waals surface area contributed by atoms with Gasteiger partial charge < -0.3 is 4.42 Å². The molecule has 8 heteroatoms. The van der Waals surface area contributed by atoms with Gasteiger partial charge in [0.25, 0.3) is 5.69 Å². The van der Waals surface area contributed by atoms with Crippen molar-refractivity contribution < 1.29 is 9.34 Å². The van der Waals surface area contributed by atoms with Gasteiger partial charge in [-0.3, -0.25) is 10.1 Å². The molecule has 1 heterocycles. The van der Waals surface area contributed by atoms with E-state index >= 15 is 0 Å². The van der Waals surface area contributed by atoms with Crippen LogP contribution in [0.2, 0.25) is 5.02 Å². The lowest BCUT2D eigenvalue weighted by atomic mass is 10.1. The zero-order chi connectivity index (χ0) is 18.8. The van der Waals surface area contributed by atoms with E-state index in [1.807, 2.05) is 26.0 Å². The average Bonchev–Trinajstić information content (AvgIpc) is 3.05. The van der Waals surface area contributed by atoms with Crippen LogP contribution in [0.5, 0.6) is 0 Å². The molecule has 0 bridgehead atoms. The van der Waals surface area contributed by atoms with Crippen LogP contribution in [0.15, 0.2) is 39.6 Å². The average molecular weight is 390 g/mol. The predicted octanol–water partition coefficient (Wildman–Crippen LogP) is 5.52. The molecule has 0 saturated heterocycles. The molecule has 2 aromatic carbocycles. The van der Waals surface area contributed by atoms with E-state index in [-0.39, 0.29) is 5.69 Å². The first kappa shape index (κ1) is 18.4. The third kappa shape index (κ3) is 3.89. The highest BCUT2D eigenvalue weighted by Gasteiger charge is 2.15. The summed E-state index contributed by atoms with van der Waals surface area (Å²) in [5.41, 5.74) is 3.39. The maximum atomic E-state index is 10.9. The van der Waals surface area contributed by atoms with Gasteiger partial charge in [-0.1, -0.05) is 11.6 Å². The van der Waals surface area contributed by atoms with Crippen LogP contribution in [0.3, 0.4) is 0 Å². The van der Waals surface area contributed by atoms with Crippen molar-refractivity contribution in [1.29, 1.82) is 0 Å². The van der Waals surface area contributed by atoms with Gasteiger partial charge >= 0.3 is 0 Å². The Morgan fingerprint density at radius 1 is 1.12 bits per heavy atom. The number of halogens is 1. The first-order chi connectivity index (χ1) is 12.3. The maximum absolute atomic E-state index is 10.9. The second kappa shape index (κ2) is 7.47. The van der Waals surface area contributed by atoms with Crippen molar-refractivity contribution >= 4 is 29.1 Å². The lowest BCUT2D eigenvalue weighted by Crippen LogP contribution is -1.91. The van der Waals surface area contributed by atoms with Gasteiger partial charge in [0, 0.05) is 27.1 Å². The van der Waals surface area contributed by atoms with E-state index < -0.39 is 4.92 Å². The number of aromatic nitrogens is 2. The van der Waals surface area contributed by atoms with Crippen LogP contribution < -0.4 is 0 Å². The molecule has 3 rings (SSSR count). The minimum atomic E-state index is -0.411. The number of benzene rings is 2. The van der Waals surface area contributed by atoms with Crippen LogP contribution >= 0.6 is 23.4 Å². The number of thioether (sulfide) groups is 1. The summed E-state index contributed by atoms with van der Waals surface area (Å²) < 4.78 is 5.70. The van der Waals surface area contributed by atoms with Gasteiger partial charge in [0.15, 0.2) is 0 Å². The van der Waals surface area contributed by atoms with Crippen molar-refractivity contribution in [3.8, 4) is 11.5 Å². The van der Waals surface area contributed by atoms with Gasteiger partial charge in [0.2, 0.25) is 11.8 Å². The molecule has 1 aromatic heterocycles. The quantitative estimate of drug-likeness (QED) is 0.325. The van der Waals surface area contributed by atoms with Crippen molar-refractivity contribution in [3.63, 3.8) is 0 Å². The van der Waals surface area contributed by atoms with Crippen LogP contribution in [-0.4, -0.2) is 15.1 Å². The Morgan fingerprint density at radius 2 is 1.88 bits per heavy atom. The molecule has 134 valence electrons. The second-order valence-corrected chi connectivity index (χ2v) is 7.34. The fourth-order valence-corrected chi connectivity index (χ4v) is 3.63. The molecular formula is C18H16ClN3O3S. The summed E-state index contributed by atoms with van der Waals surface area (Å²) >= 11 is 7.72. The molecule has 3 aromatic rings. The molecule has 0 amide bonds. The summed E-state index contributed by atoms with van der Waals surface area (Å²) in [4.78, 5) is 11.6. The Labute approximate surface area is 159 Å². The molecule has 6 nitrogen and oxygen atoms in total. The van der Waals surface area contributed by atoms with Crippen LogP contribution in [0, 0.1) is 30.9 Å². The van der Waals surface area contributed by atoms with Crippen LogP contribution in [0.4, 0.5) is 5.69 Å². The molecule has 0 atom stereocenters. The summed E-state index contributed by atoms with van der Waals surface area (Å²) in [5, 5.41) is 19.8. The molecule has 0 saturated carbocycles. The van der Waals surface area contributed by atoms with E-state index in [0.29, 0.717) is 28.7 Å². The van der Waals surface area contributed by atoms with Gasteiger partial charge in [0.1, 0.15) is 0 Å². The van der Waals surface area contributed by atoms with Crippen molar-refractivity contribution in [2.75, 3.05) is 0 Å². The van der Waals surface area contributed by atoms with Crippen LogP contribution in [0.25, 0.3) is 11.5 Å².